The summed E-state index contributed by atoms with van der Waals surface area (Å²) in [6.07, 6.45) is 4.02. The Hall–Kier alpha value is -0.610. The highest BCUT2D eigenvalue weighted by Crippen LogP contribution is 2.20. The Labute approximate surface area is 97.0 Å². The molecule has 2 atom stereocenters. The number of piperidine rings is 1. The number of hydrogen-bond donors (Lipinski definition) is 2. The van der Waals surface area contributed by atoms with E-state index in [9.17, 15) is 4.79 Å². The second-order valence-corrected chi connectivity index (χ2v) is 5.09. The Morgan fingerprint density at radius 2 is 2.25 bits per heavy atom. The van der Waals surface area contributed by atoms with Crippen molar-refractivity contribution >= 4 is 5.91 Å². The third-order valence-electron chi connectivity index (χ3n) is 3.76. The van der Waals surface area contributed by atoms with Crippen molar-refractivity contribution in [2.75, 3.05) is 32.8 Å². The van der Waals surface area contributed by atoms with Crippen LogP contribution < -0.4 is 5.32 Å². The van der Waals surface area contributed by atoms with E-state index in [2.05, 4.69) is 5.32 Å². The monoisotopic (exact) mass is 226 g/mol. The van der Waals surface area contributed by atoms with Crippen LogP contribution in [0, 0.1) is 11.8 Å². The average molecular weight is 226 g/mol. The van der Waals surface area contributed by atoms with Crippen LogP contribution in [0.3, 0.4) is 0 Å². The molecule has 0 aromatic rings. The predicted octanol–water partition coefficient (Wildman–Crippen LogP) is 0.217. The van der Waals surface area contributed by atoms with Gasteiger partial charge in [-0.2, -0.15) is 0 Å². The van der Waals surface area contributed by atoms with Crippen molar-refractivity contribution in [3.63, 3.8) is 0 Å². The molecule has 2 N–H and O–H groups in total. The quantitative estimate of drug-likeness (QED) is 0.723. The lowest BCUT2D eigenvalue weighted by Crippen LogP contribution is -2.35. The summed E-state index contributed by atoms with van der Waals surface area (Å²) in [4.78, 5) is 13.9. The minimum absolute atomic E-state index is 0.217. The zero-order valence-electron chi connectivity index (χ0n) is 9.82. The summed E-state index contributed by atoms with van der Waals surface area (Å²) in [6.45, 7) is 3.90. The highest BCUT2D eigenvalue weighted by molar-refractivity contribution is 5.76. The lowest BCUT2D eigenvalue weighted by atomic mass is 9.96. The molecule has 0 aromatic carbocycles. The zero-order valence-corrected chi connectivity index (χ0v) is 9.82. The van der Waals surface area contributed by atoms with Crippen LogP contribution in [0.4, 0.5) is 0 Å². The summed E-state index contributed by atoms with van der Waals surface area (Å²) in [5, 5.41) is 12.4. The Morgan fingerprint density at radius 1 is 1.38 bits per heavy atom. The highest BCUT2D eigenvalue weighted by atomic mass is 16.3. The minimum Gasteiger partial charge on any atom is -0.396 e. The molecular formula is C12H22N2O2. The van der Waals surface area contributed by atoms with Crippen LogP contribution in [0.5, 0.6) is 0 Å². The molecule has 2 heterocycles. The second kappa shape index (κ2) is 5.64. The number of likely N-dealkylation sites (tertiary alicyclic amines) is 1. The number of aliphatic hydroxyl groups excluding tert-OH is 1. The van der Waals surface area contributed by atoms with E-state index in [-0.39, 0.29) is 12.5 Å². The molecule has 1 amide bonds. The van der Waals surface area contributed by atoms with Gasteiger partial charge in [-0.15, -0.1) is 0 Å². The number of amides is 1. The smallest absolute Gasteiger partial charge is 0.222 e. The fraction of sp³-hybridized carbons (Fsp3) is 0.917. The van der Waals surface area contributed by atoms with Crippen LogP contribution in [-0.4, -0.2) is 48.7 Å². The van der Waals surface area contributed by atoms with Crippen molar-refractivity contribution < 1.29 is 9.90 Å². The number of rotatable bonds is 3. The number of nitrogens with zero attached hydrogens (tertiary/aromatic N) is 1. The molecule has 0 saturated carbocycles. The Balaban J connectivity index is 1.75. The van der Waals surface area contributed by atoms with Gasteiger partial charge in [0.15, 0.2) is 0 Å². The van der Waals surface area contributed by atoms with Crippen LogP contribution in [-0.2, 0) is 4.79 Å². The van der Waals surface area contributed by atoms with Gasteiger partial charge in [-0.25, -0.2) is 0 Å². The number of nitrogens with one attached hydrogen (secondary N) is 1. The van der Waals surface area contributed by atoms with Gasteiger partial charge >= 0.3 is 0 Å². The van der Waals surface area contributed by atoms with Gasteiger partial charge in [-0.05, 0) is 38.3 Å². The first-order valence-corrected chi connectivity index (χ1v) is 6.39. The van der Waals surface area contributed by atoms with E-state index in [0.717, 1.165) is 32.6 Å². The van der Waals surface area contributed by atoms with Gasteiger partial charge in [0.25, 0.3) is 0 Å². The van der Waals surface area contributed by atoms with E-state index in [1.807, 2.05) is 4.90 Å². The molecule has 92 valence electrons. The van der Waals surface area contributed by atoms with Crippen LogP contribution in [0.2, 0.25) is 0 Å². The molecule has 2 fully saturated rings. The summed E-state index contributed by atoms with van der Waals surface area (Å²) in [5.74, 6) is 1.12. The van der Waals surface area contributed by atoms with Gasteiger partial charge in [-0.1, -0.05) is 0 Å². The standard InChI is InChI=1S/C12H22N2O2/c15-9-11-3-5-14(8-11)12(16)6-10-2-1-4-13-7-10/h10-11,13,15H,1-9H2. The summed E-state index contributed by atoms with van der Waals surface area (Å²) in [5.41, 5.74) is 0. The number of hydrogen-bond acceptors (Lipinski definition) is 3. The maximum atomic E-state index is 12.0. The molecule has 0 radical (unpaired) electrons. The van der Waals surface area contributed by atoms with E-state index in [1.54, 1.807) is 0 Å². The van der Waals surface area contributed by atoms with Crippen molar-refractivity contribution in [1.82, 2.24) is 10.2 Å². The largest absolute Gasteiger partial charge is 0.396 e. The van der Waals surface area contributed by atoms with Gasteiger partial charge < -0.3 is 15.3 Å². The third kappa shape index (κ3) is 2.95. The molecule has 0 bridgehead atoms. The molecule has 4 nitrogen and oxygen atoms in total. The molecule has 0 aromatic heterocycles. The van der Waals surface area contributed by atoms with E-state index in [4.69, 9.17) is 5.11 Å². The second-order valence-electron chi connectivity index (χ2n) is 5.09. The number of aliphatic hydroxyl groups is 1. The van der Waals surface area contributed by atoms with Crippen molar-refractivity contribution in [1.29, 1.82) is 0 Å². The molecule has 2 unspecified atom stereocenters. The molecule has 0 spiro atoms. The van der Waals surface area contributed by atoms with Crippen LogP contribution in [0.1, 0.15) is 25.7 Å². The molecule has 2 saturated heterocycles. The Bertz CT molecular complexity index is 239. The van der Waals surface area contributed by atoms with Crippen molar-refractivity contribution in [2.45, 2.75) is 25.7 Å². The van der Waals surface area contributed by atoms with Gasteiger partial charge in [0.2, 0.25) is 5.91 Å². The van der Waals surface area contributed by atoms with Crippen LogP contribution in [0.15, 0.2) is 0 Å². The molecule has 4 heteroatoms. The molecule has 0 aliphatic carbocycles. The lowest BCUT2D eigenvalue weighted by molar-refractivity contribution is -0.131. The number of carbonyl (C=O) groups excluding carboxylic acids is 1. The first kappa shape index (κ1) is 11.9. The molecule has 2 aliphatic rings. The third-order valence-corrected chi connectivity index (χ3v) is 3.76. The van der Waals surface area contributed by atoms with Gasteiger partial charge in [0.1, 0.15) is 0 Å². The summed E-state index contributed by atoms with van der Waals surface area (Å²) in [7, 11) is 0. The molecule has 16 heavy (non-hydrogen) atoms. The summed E-state index contributed by atoms with van der Waals surface area (Å²) in [6, 6.07) is 0. The van der Waals surface area contributed by atoms with Gasteiger partial charge in [0, 0.05) is 32.0 Å². The molecule has 2 aliphatic heterocycles. The molecular weight excluding hydrogens is 204 g/mol. The summed E-state index contributed by atoms with van der Waals surface area (Å²) < 4.78 is 0. The maximum Gasteiger partial charge on any atom is 0.222 e. The van der Waals surface area contributed by atoms with Crippen molar-refractivity contribution in [3.05, 3.63) is 0 Å². The van der Waals surface area contributed by atoms with Gasteiger partial charge in [-0.3, -0.25) is 4.79 Å². The fourth-order valence-corrected chi connectivity index (χ4v) is 2.68. The van der Waals surface area contributed by atoms with Gasteiger partial charge in [0.05, 0.1) is 0 Å². The van der Waals surface area contributed by atoms with Crippen molar-refractivity contribution in [2.24, 2.45) is 11.8 Å². The molecule has 2 rings (SSSR count). The van der Waals surface area contributed by atoms with E-state index < -0.39 is 0 Å². The lowest BCUT2D eigenvalue weighted by Gasteiger charge is -2.24. The predicted molar refractivity (Wildman–Crippen MR) is 62.0 cm³/mol. The van der Waals surface area contributed by atoms with E-state index in [0.29, 0.717) is 18.3 Å². The van der Waals surface area contributed by atoms with E-state index in [1.165, 1.54) is 12.8 Å². The maximum absolute atomic E-state index is 12.0. The fourth-order valence-electron chi connectivity index (χ4n) is 2.68. The first-order valence-electron chi connectivity index (χ1n) is 6.39. The normalized spacial score (nSPS) is 30.7. The number of carbonyl (C=O) groups is 1. The van der Waals surface area contributed by atoms with Crippen LogP contribution in [0.25, 0.3) is 0 Å². The van der Waals surface area contributed by atoms with Crippen molar-refractivity contribution in [3.8, 4) is 0 Å². The average Bonchev–Trinajstić information content (AvgIpc) is 2.79. The first-order chi connectivity index (χ1) is 7.79. The topological polar surface area (TPSA) is 52.6 Å². The summed E-state index contributed by atoms with van der Waals surface area (Å²) >= 11 is 0. The Morgan fingerprint density at radius 3 is 2.88 bits per heavy atom. The highest BCUT2D eigenvalue weighted by Gasteiger charge is 2.27. The minimum atomic E-state index is 0.217. The Kier molecular flexibility index (Phi) is 4.18. The SMILES string of the molecule is O=C(CC1CCCNC1)N1CCC(CO)C1. The van der Waals surface area contributed by atoms with Crippen LogP contribution >= 0.6 is 0 Å². The zero-order chi connectivity index (χ0) is 11.4. The van der Waals surface area contributed by atoms with E-state index >= 15 is 0 Å².